The number of carbonyl (C=O) groups is 1. The maximum atomic E-state index is 12.2. The number of carbonyl (C=O) groups excluding carboxylic acids is 1. The average Bonchev–Trinajstić information content (AvgIpc) is 2.92. The fourth-order valence-corrected chi connectivity index (χ4v) is 4.10. The van der Waals surface area contributed by atoms with Crippen molar-refractivity contribution in [2.75, 3.05) is 20.2 Å². The lowest BCUT2D eigenvalue weighted by molar-refractivity contribution is -0.150. The number of nitrogens with zero attached hydrogens (tertiary/aromatic N) is 1. The summed E-state index contributed by atoms with van der Waals surface area (Å²) in [6.45, 7) is 2.11. The predicted molar refractivity (Wildman–Crippen MR) is 81.1 cm³/mol. The highest BCUT2D eigenvalue weighted by Gasteiger charge is 2.41. The number of hydrogen-bond donors (Lipinski definition) is 1. The van der Waals surface area contributed by atoms with Crippen molar-refractivity contribution in [1.29, 1.82) is 0 Å². The smallest absolute Gasteiger partial charge is 0.310 e. The number of benzene rings is 1. The van der Waals surface area contributed by atoms with Gasteiger partial charge in [-0.3, -0.25) is 9.69 Å². The first-order valence-electron chi connectivity index (χ1n) is 7.71. The zero-order chi connectivity index (χ0) is 14.4. The molecule has 2 aliphatic rings. The number of aromatic nitrogens is 1. The molecule has 2 aromatic rings. The van der Waals surface area contributed by atoms with Crippen LogP contribution in [0.25, 0.3) is 10.9 Å². The molecule has 1 N–H and O–H groups in total. The van der Waals surface area contributed by atoms with Crippen LogP contribution in [0.5, 0.6) is 0 Å². The third-order valence-electron chi connectivity index (χ3n) is 5.03. The molecule has 1 saturated heterocycles. The van der Waals surface area contributed by atoms with Gasteiger partial charge in [0.2, 0.25) is 0 Å². The number of para-hydroxylation sites is 1. The van der Waals surface area contributed by atoms with Gasteiger partial charge in [-0.25, -0.2) is 0 Å². The van der Waals surface area contributed by atoms with Crippen LogP contribution in [0.1, 0.15) is 30.1 Å². The molecule has 3 heterocycles. The maximum Gasteiger partial charge on any atom is 0.310 e. The Bertz CT molecular complexity index is 691. The number of rotatable bonds is 1. The molecule has 4 nitrogen and oxygen atoms in total. The minimum atomic E-state index is -0.0730. The Morgan fingerprint density at radius 1 is 1.33 bits per heavy atom. The van der Waals surface area contributed by atoms with E-state index in [1.807, 2.05) is 0 Å². The van der Waals surface area contributed by atoms with Crippen LogP contribution in [-0.4, -0.2) is 36.1 Å². The molecule has 2 atom stereocenters. The minimum absolute atomic E-state index is 0.0455. The summed E-state index contributed by atoms with van der Waals surface area (Å²) in [7, 11) is 1.50. The van der Waals surface area contributed by atoms with E-state index in [0.717, 1.165) is 32.4 Å². The summed E-state index contributed by atoms with van der Waals surface area (Å²) in [6, 6.07) is 8.59. The Hall–Kier alpha value is -1.81. The Kier molecular flexibility index (Phi) is 3.00. The van der Waals surface area contributed by atoms with Gasteiger partial charge in [-0.1, -0.05) is 18.2 Å². The van der Waals surface area contributed by atoms with Gasteiger partial charge in [-0.15, -0.1) is 0 Å². The highest BCUT2D eigenvalue weighted by atomic mass is 16.5. The molecule has 4 heteroatoms. The van der Waals surface area contributed by atoms with Crippen LogP contribution < -0.4 is 0 Å². The second kappa shape index (κ2) is 4.88. The second-order valence-electron chi connectivity index (χ2n) is 6.07. The van der Waals surface area contributed by atoms with Crippen molar-refractivity contribution in [2.24, 2.45) is 5.92 Å². The van der Waals surface area contributed by atoms with Crippen molar-refractivity contribution >= 4 is 16.9 Å². The summed E-state index contributed by atoms with van der Waals surface area (Å²) < 4.78 is 5.05. The number of esters is 1. The van der Waals surface area contributed by atoms with E-state index in [0.29, 0.717) is 0 Å². The molecule has 0 amide bonds. The second-order valence-corrected chi connectivity index (χ2v) is 6.07. The van der Waals surface area contributed by atoms with Crippen molar-refractivity contribution in [3.8, 4) is 0 Å². The zero-order valence-corrected chi connectivity index (χ0v) is 12.3. The highest BCUT2D eigenvalue weighted by Crippen LogP contribution is 2.42. The third-order valence-corrected chi connectivity index (χ3v) is 5.03. The van der Waals surface area contributed by atoms with Crippen LogP contribution in [0.3, 0.4) is 0 Å². The summed E-state index contributed by atoms with van der Waals surface area (Å²) in [5.41, 5.74) is 3.80. The number of fused-ring (bicyclic) bond motifs is 5. The molecule has 0 radical (unpaired) electrons. The number of methoxy groups -OCH3 is 1. The molecule has 1 aromatic heterocycles. The van der Waals surface area contributed by atoms with Crippen LogP contribution >= 0.6 is 0 Å². The molecule has 0 spiro atoms. The molecular weight excluding hydrogens is 264 g/mol. The summed E-state index contributed by atoms with van der Waals surface area (Å²) >= 11 is 0. The SMILES string of the molecule is COC(=O)[C@@H]1CCCN2CCc3c([nH]c4ccccc34)[C@@H]12. The van der Waals surface area contributed by atoms with E-state index in [1.54, 1.807) is 0 Å². The Balaban J connectivity index is 1.85. The first kappa shape index (κ1) is 12.9. The monoisotopic (exact) mass is 284 g/mol. The van der Waals surface area contributed by atoms with E-state index in [2.05, 4.69) is 34.1 Å². The van der Waals surface area contributed by atoms with Crippen LogP contribution in [0.15, 0.2) is 24.3 Å². The summed E-state index contributed by atoms with van der Waals surface area (Å²) in [6.07, 6.45) is 3.05. The van der Waals surface area contributed by atoms with Gasteiger partial charge in [-0.05, 0) is 37.4 Å². The van der Waals surface area contributed by atoms with E-state index in [4.69, 9.17) is 4.74 Å². The number of ether oxygens (including phenoxy) is 1. The van der Waals surface area contributed by atoms with Crippen molar-refractivity contribution in [3.05, 3.63) is 35.5 Å². The lowest BCUT2D eigenvalue weighted by Crippen LogP contribution is -2.45. The van der Waals surface area contributed by atoms with Crippen molar-refractivity contribution < 1.29 is 9.53 Å². The Morgan fingerprint density at radius 3 is 3.05 bits per heavy atom. The van der Waals surface area contributed by atoms with Gasteiger partial charge in [0.25, 0.3) is 0 Å². The van der Waals surface area contributed by atoms with Crippen molar-refractivity contribution in [1.82, 2.24) is 9.88 Å². The van der Waals surface area contributed by atoms with Gasteiger partial charge in [0.15, 0.2) is 0 Å². The van der Waals surface area contributed by atoms with Gasteiger partial charge in [0.05, 0.1) is 19.1 Å². The molecule has 0 bridgehead atoms. The summed E-state index contributed by atoms with van der Waals surface area (Å²) in [5, 5.41) is 1.31. The number of nitrogens with one attached hydrogen (secondary N) is 1. The summed E-state index contributed by atoms with van der Waals surface area (Å²) in [4.78, 5) is 18.2. The lowest BCUT2D eigenvalue weighted by Gasteiger charge is -2.42. The Morgan fingerprint density at radius 2 is 2.19 bits per heavy atom. The molecule has 21 heavy (non-hydrogen) atoms. The lowest BCUT2D eigenvalue weighted by atomic mass is 9.82. The molecule has 4 rings (SSSR count). The van der Waals surface area contributed by atoms with Gasteiger partial charge in [0, 0.05) is 23.1 Å². The molecule has 0 unspecified atom stereocenters. The fourth-order valence-electron chi connectivity index (χ4n) is 4.10. The molecule has 2 aliphatic heterocycles. The van der Waals surface area contributed by atoms with E-state index in [1.165, 1.54) is 29.3 Å². The zero-order valence-electron chi connectivity index (χ0n) is 12.3. The number of H-pyrrole nitrogens is 1. The van der Waals surface area contributed by atoms with E-state index in [-0.39, 0.29) is 17.9 Å². The van der Waals surface area contributed by atoms with Crippen LogP contribution in [0, 0.1) is 5.92 Å². The molecule has 1 aromatic carbocycles. The molecular formula is C17H20N2O2. The summed E-state index contributed by atoms with van der Waals surface area (Å²) in [5.74, 6) is -0.118. The highest BCUT2D eigenvalue weighted by molar-refractivity contribution is 5.85. The first-order valence-corrected chi connectivity index (χ1v) is 7.71. The topological polar surface area (TPSA) is 45.3 Å². The van der Waals surface area contributed by atoms with Crippen LogP contribution in [0.4, 0.5) is 0 Å². The van der Waals surface area contributed by atoms with E-state index >= 15 is 0 Å². The number of aromatic amines is 1. The van der Waals surface area contributed by atoms with Gasteiger partial charge < -0.3 is 9.72 Å². The van der Waals surface area contributed by atoms with Crippen molar-refractivity contribution in [3.63, 3.8) is 0 Å². The predicted octanol–water partition coefficient (Wildman–Crippen LogP) is 2.65. The maximum absolute atomic E-state index is 12.2. The first-order chi connectivity index (χ1) is 10.3. The average molecular weight is 284 g/mol. The number of piperidine rings is 1. The van der Waals surface area contributed by atoms with E-state index < -0.39 is 0 Å². The van der Waals surface area contributed by atoms with Gasteiger partial charge in [0.1, 0.15) is 0 Å². The molecule has 1 fully saturated rings. The van der Waals surface area contributed by atoms with Crippen molar-refractivity contribution in [2.45, 2.75) is 25.3 Å². The third kappa shape index (κ3) is 1.89. The molecule has 0 saturated carbocycles. The van der Waals surface area contributed by atoms with Crippen LogP contribution in [0.2, 0.25) is 0 Å². The van der Waals surface area contributed by atoms with Crippen LogP contribution in [-0.2, 0) is 16.0 Å². The molecule has 0 aliphatic carbocycles. The van der Waals surface area contributed by atoms with Gasteiger partial charge in [-0.2, -0.15) is 0 Å². The Labute approximate surface area is 124 Å². The normalized spacial score (nSPS) is 25.4. The quantitative estimate of drug-likeness (QED) is 0.819. The number of hydrogen-bond acceptors (Lipinski definition) is 3. The fraction of sp³-hybridized carbons (Fsp3) is 0.471. The largest absolute Gasteiger partial charge is 0.469 e. The molecule has 110 valence electrons. The minimum Gasteiger partial charge on any atom is -0.469 e. The van der Waals surface area contributed by atoms with E-state index in [9.17, 15) is 4.79 Å². The standard InChI is InChI=1S/C17H20N2O2/c1-21-17(20)13-6-4-9-19-10-8-12-11-5-2-3-7-14(11)18-15(12)16(13)19/h2-3,5,7,13,16,18H,4,6,8-10H2,1H3/t13-,16-/m1/s1. The van der Waals surface area contributed by atoms with Gasteiger partial charge >= 0.3 is 5.97 Å².